The van der Waals surface area contributed by atoms with Crippen LogP contribution in [0.4, 0.5) is 0 Å². The first kappa shape index (κ1) is 5.47. The van der Waals surface area contributed by atoms with E-state index in [4.69, 9.17) is 0 Å². The Labute approximate surface area is 58.9 Å². The van der Waals surface area contributed by atoms with Crippen molar-refractivity contribution >= 4 is 11.0 Å². The molecule has 0 amide bonds. The van der Waals surface area contributed by atoms with Gasteiger partial charge in [-0.25, -0.2) is 4.98 Å². The molecule has 0 aliphatic carbocycles. The summed E-state index contributed by atoms with van der Waals surface area (Å²) in [5, 5.41) is 0. The molecule has 0 spiro atoms. The highest BCUT2D eigenvalue weighted by atomic mass is 14.9. The van der Waals surface area contributed by atoms with Gasteiger partial charge in [0.15, 0.2) is 0 Å². The number of hydrogen-bond donors (Lipinski definition) is 1. The van der Waals surface area contributed by atoms with E-state index in [9.17, 15) is 0 Å². The standard InChI is InChI=1S/C8H7N2/c1-6-2-3-7-8(4-6)10-5-9-7/h2,4-5H,1H3,(H,9,10). The molecule has 0 saturated carbocycles. The zero-order valence-corrected chi connectivity index (χ0v) is 5.68. The first-order chi connectivity index (χ1) is 4.86. The first-order valence-corrected chi connectivity index (χ1v) is 3.18. The van der Waals surface area contributed by atoms with Crippen LogP contribution in [-0.4, -0.2) is 9.97 Å². The summed E-state index contributed by atoms with van der Waals surface area (Å²) < 4.78 is 0. The van der Waals surface area contributed by atoms with Gasteiger partial charge in [0.05, 0.1) is 17.4 Å². The Balaban J connectivity index is 2.86. The highest BCUT2D eigenvalue weighted by Crippen LogP contribution is 2.08. The monoisotopic (exact) mass is 131 g/mol. The third-order valence-corrected chi connectivity index (χ3v) is 1.48. The largest absolute Gasteiger partial charge is 0.345 e. The van der Waals surface area contributed by atoms with E-state index in [0.717, 1.165) is 11.0 Å². The molecule has 1 radical (unpaired) electrons. The van der Waals surface area contributed by atoms with E-state index in [1.165, 1.54) is 5.56 Å². The molecule has 0 aliphatic rings. The number of aromatic amines is 1. The zero-order chi connectivity index (χ0) is 6.97. The quantitative estimate of drug-likeness (QED) is 0.578. The lowest BCUT2D eigenvalue weighted by Gasteiger charge is -1.88. The average molecular weight is 131 g/mol. The molecule has 1 N–H and O–H groups in total. The second-order valence-corrected chi connectivity index (χ2v) is 2.34. The summed E-state index contributed by atoms with van der Waals surface area (Å²) in [6, 6.07) is 7.04. The number of benzene rings is 1. The molecule has 2 nitrogen and oxygen atoms in total. The van der Waals surface area contributed by atoms with Gasteiger partial charge in [-0.3, -0.25) is 0 Å². The molecular weight excluding hydrogens is 124 g/mol. The van der Waals surface area contributed by atoms with Crippen molar-refractivity contribution < 1.29 is 0 Å². The highest BCUT2D eigenvalue weighted by molar-refractivity contribution is 5.74. The molecule has 10 heavy (non-hydrogen) atoms. The second-order valence-electron chi connectivity index (χ2n) is 2.34. The van der Waals surface area contributed by atoms with Crippen molar-refractivity contribution in [3.8, 4) is 0 Å². The van der Waals surface area contributed by atoms with Gasteiger partial charge in [0.1, 0.15) is 0 Å². The Hall–Kier alpha value is -1.31. The minimum absolute atomic E-state index is 0.908. The van der Waals surface area contributed by atoms with Crippen LogP contribution in [0.5, 0.6) is 0 Å². The summed E-state index contributed by atoms with van der Waals surface area (Å²) in [7, 11) is 0. The van der Waals surface area contributed by atoms with Gasteiger partial charge in [-0.1, -0.05) is 0 Å². The molecule has 1 aromatic carbocycles. The summed E-state index contributed by atoms with van der Waals surface area (Å²) in [5.74, 6) is 0. The van der Waals surface area contributed by atoms with Crippen LogP contribution in [0.25, 0.3) is 11.0 Å². The van der Waals surface area contributed by atoms with Crippen molar-refractivity contribution in [2.45, 2.75) is 6.92 Å². The molecule has 0 aliphatic heterocycles. The molecule has 1 heterocycles. The van der Waals surface area contributed by atoms with Gasteiger partial charge >= 0.3 is 0 Å². The fraction of sp³-hybridized carbons (Fsp3) is 0.125. The molecular formula is C8H7N2. The normalized spacial score (nSPS) is 10.5. The van der Waals surface area contributed by atoms with Crippen molar-refractivity contribution in [1.82, 2.24) is 9.97 Å². The van der Waals surface area contributed by atoms with Crippen LogP contribution in [0.3, 0.4) is 0 Å². The van der Waals surface area contributed by atoms with Crippen LogP contribution in [-0.2, 0) is 0 Å². The predicted molar refractivity (Wildman–Crippen MR) is 39.7 cm³/mol. The van der Waals surface area contributed by atoms with Gasteiger partial charge in [0.25, 0.3) is 0 Å². The van der Waals surface area contributed by atoms with Crippen LogP contribution < -0.4 is 0 Å². The number of nitrogens with one attached hydrogen (secondary N) is 1. The predicted octanol–water partition coefficient (Wildman–Crippen LogP) is 1.67. The van der Waals surface area contributed by atoms with Crippen LogP contribution in [0.1, 0.15) is 5.56 Å². The van der Waals surface area contributed by atoms with Gasteiger partial charge in [0.2, 0.25) is 0 Å². The Bertz CT molecular complexity index is 349. The molecule has 0 fully saturated rings. The molecule has 1 aromatic heterocycles. The molecule has 49 valence electrons. The van der Waals surface area contributed by atoms with Gasteiger partial charge in [-0.2, -0.15) is 0 Å². The molecule has 2 heteroatoms. The van der Waals surface area contributed by atoms with Crippen LogP contribution in [0.2, 0.25) is 0 Å². The fourth-order valence-corrected chi connectivity index (χ4v) is 0.981. The third kappa shape index (κ3) is 0.692. The lowest BCUT2D eigenvalue weighted by molar-refractivity contribution is 1.34. The van der Waals surface area contributed by atoms with Gasteiger partial charge < -0.3 is 4.98 Å². The number of rotatable bonds is 0. The van der Waals surface area contributed by atoms with Crippen molar-refractivity contribution in [2.24, 2.45) is 0 Å². The van der Waals surface area contributed by atoms with Gasteiger partial charge in [-0.15, -0.1) is 0 Å². The van der Waals surface area contributed by atoms with Crippen molar-refractivity contribution in [1.29, 1.82) is 0 Å². The van der Waals surface area contributed by atoms with E-state index in [1.807, 2.05) is 13.0 Å². The lowest BCUT2D eigenvalue weighted by atomic mass is 10.2. The summed E-state index contributed by atoms with van der Waals surface area (Å²) >= 11 is 0. The molecule has 0 saturated heterocycles. The summed E-state index contributed by atoms with van der Waals surface area (Å²) in [6.07, 6.45) is 1.68. The average Bonchev–Trinajstić information content (AvgIpc) is 2.33. The molecule has 2 rings (SSSR count). The topological polar surface area (TPSA) is 28.7 Å². The summed E-state index contributed by atoms with van der Waals surface area (Å²) in [6.45, 7) is 2.04. The maximum atomic E-state index is 4.05. The van der Waals surface area contributed by atoms with Crippen molar-refractivity contribution in [2.75, 3.05) is 0 Å². The molecule has 0 atom stereocenters. The van der Waals surface area contributed by atoms with E-state index in [1.54, 1.807) is 6.33 Å². The zero-order valence-electron chi connectivity index (χ0n) is 5.68. The van der Waals surface area contributed by atoms with E-state index >= 15 is 0 Å². The number of hydrogen-bond acceptors (Lipinski definition) is 1. The van der Waals surface area contributed by atoms with Crippen LogP contribution >= 0.6 is 0 Å². The van der Waals surface area contributed by atoms with E-state index in [2.05, 4.69) is 22.1 Å². The second kappa shape index (κ2) is 1.84. The summed E-state index contributed by atoms with van der Waals surface area (Å²) in [5.41, 5.74) is 3.17. The summed E-state index contributed by atoms with van der Waals surface area (Å²) in [4.78, 5) is 7.07. The van der Waals surface area contributed by atoms with Crippen molar-refractivity contribution in [3.05, 3.63) is 30.1 Å². The maximum absolute atomic E-state index is 4.05. The molecule has 0 unspecified atom stereocenters. The minimum atomic E-state index is 0.908. The van der Waals surface area contributed by atoms with Crippen LogP contribution in [0, 0.1) is 13.0 Å². The molecule has 2 aromatic rings. The van der Waals surface area contributed by atoms with Gasteiger partial charge in [0, 0.05) is 6.07 Å². The Morgan fingerprint density at radius 2 is 2.50 bits per heavy atom. The fourth-order valence-electron chi connectivity index (χ4n) is 0.981. The minimum Gasteiger partial charge on any atom is -0.345 e. The Kier molecular flexibility index (Phi) is 1.01. The maximum Gasteiger partial charge on any atom is 0.0961 e. The smallest absolute Gasteiger partial charge is 0.0961 e. The van der Waals surface area contributed by atoms with E-state index in [0.29, 0.717) is 0 Å². The number of H-pyrrole nitrogens is 1. The van der Waals surface area contributed by atoms with Crippen LogP contribution in [0.15, 0.2) is 18.5 Å². The lowest BCUT2D eigenvalue weighted by Crippen LogP contribution is -1.72. The third-order valence-electron chi connectivity index (χ3n) is 1.48. The van der Waals surface area contributed by atoms with Gasteiger partial charge in [-0.05, 0) is 24.6 Å². The van der Waals surface area contributed by atoms with E-state index < -0.39 is 0 Å². The molecule has 0 bridgehead atoms. The SMILES string of the molecule is Cc1c[c]c2nc[nH]c2c1. The number of aryl methyl sites for hydroxylation is 1. The first-order valence-electron chi connectivity index (χ1n) is 3.18. The number of nitrogens with zero attached hydrogens (tertiary/aromatic N) is 1. The number of imidazole rings is 1. The number of aromatic nitrogens is 2. The van der Waals surface area contributed by atoms with E-state index in [-0.39, 0.29) is 0 Å². The highest BCUT2D eigenvalue weighted by Gasteiger charge is 1.93. The number of fused-ring (bicyclic) bond motifs is 1. The Morgan fingerprint density at radius 1 is 1.60 bits per heavy atom. The van der Waals surface area contributed by atoms with Crippen molar-refractivity contribution in [3.63, 3.8) is 0 Å². The Morgan fingerprint density at radius 3 is 3.40 bits per heavy atom.